The molecule has 0 N–H and O–H groups in total. The molecule has 2 rings (SSSR count). The lowest BCUT2D eigenvalue weighted by Crippen LogP contribution is -2.38. The highest BCUT2D eigenvalue weighted by Gasteiger charge is 2.09. The third-order valence-corrected chi connectivity index (χ3v) is 2.68. The summed E-state index contributed by atoms with van der Waals surface area (Å²) in [6.07, 6.45) is 0. The van der Waals surface area contributed by atoms with E-state index in [1.165, 1.54) is 7.05 Å². The van der Waals surface area contributed by atoms with Crippen LogP contribution in [0.2, 0.25) is 0 Å². The number of aromatic nitrogens is 2. The fraction of sp³-hybridized carbons (Fsp3) is 0.231. The van der Waals surface area contributed by atoms with Crippen LogP contribution in [0.5, 0.6) is 0 Å². The van der Waals surface area contributed by atoms with E-state index in [-0.39, 0.29) is 11.2 Å². The number of allylic oxidation sites excluding steroid dienone is 1. The second-order valence-corrected chi connectivity index (χ2v) is 4.21. The van der Waals surface area contributed by atoms with Crippen LogP contribution in [-0.4, -0.2) is 9.13 Å². The van der Waals surface area contributed by atoms with Gasteiger partial charge in [-0.2, -0.15) is 0 Å². The Bertz CT molecular complexity index is 707. The number of fused-ring (bicyclic) bond motifs is 1. The molecule has 0 spiro atoms. The quantitative estimate of drug-likeness (QED) is 0.729. The maximum atomic E-state index is 12.0. The van der Waals surface area contributed by atoms with Crippen LogP contribution in [0.1, 0.15) is 6.92 Å². The highest BCUT2D eigenvalue weighted by molar-refractivity contribution is 5.77. The van der Waals surface area contributed by atoms with Gasteiger partial charge in [-0.15, -0.1) is 0 Å². The molecular formula is C13H14N2O2. The molecule has 0 aliphatic carbocycles. The van der Waals surface area contributed by atoms with E-state index in [0.29, 0.717) is 17.4 Å². The van der Waals surface area contributed by atoms with Crippen molar-refractivity contribution < 1.29 is 0 Å². The number of nitrogens with zero attached hydrogens (tertiary/aromatic N) is 2. The van der Waals surface area contributed by atoms with E-state index in [1.807, 2.05) is 13.0 Å². The van der Waals surface area contributed by atoms with Gasteiger partial charge in [0.2, 0.25) is 0 Å². The summed E-state index contributed by atoms with van der Waals surface area (Å²) in [5.41, 5.74) is 0.958. The average molecular weight is 230 g/mol. The summed E-state index contributed by atoms with van der Waals surface area (Å²) in [6, 6.07) is 7.11. The molecule has 2 aromatic rings. The fourth-order valence-corrected chi connectivity index (χ4v) is 1.86. The van der Waals surface area contributed by atoms with Crippen molar-refractivity contribution in [1.29, 1.82) is 0 Å². The normalized spacial score (nSPS) is 10.7. The maximum absolute atomic E-state index is 12.0. The lowest BCUT2D eigenvalue weighted by Gasteiger charge is -2.11. The monoisotopic (exact) mass is 230 g/mol. The van der Waals surface area contributed by atoms with Crippen molar-refractivity contribution in [2.75, 3.05) is 0 Å². The van der Waals surface area contributed by atoms with Crippen LogP contribution >= 0.6 is 0 Å². The van der Waals surface area contributed by atoms with Crippen LogP contribution in [0.25, 0.3) is 10.9 Å². The van der Waals surface area contributed by atoms with E-state index in [2.05, 4.69) is 6.58 Å². The molecule has 1 heterocycles. The van der Waals surface area contributed by atoms with Crippen LogP contribution in [0.3, 0.4) is 0 Å². The van der Waals surface area contributed by atoms with E-state index in [9.17, 15) is 9.59 Å². The minimum absolute atomic E-state index is 0.261. The molecule has 17 heavy (non-hydrogen) atoms. The van der Waals surface area contributed by atoms with Crippen LogP contribution < -0.4 is 11.2 Å². The van der Waals surface area contributed by atoms with Crippen molar-refractivity contribution in [3.8, 4) is 0 Å². The van der Waals surface area contributed by atoms with Crippen molar-refractivity contribution in [2.45, 2.75) is 13.5 Å². The molecule has 0 aliphatic heterocycles. The Hall–Kier alpha value is -2.10. The van der Waals surface area contributed by atoms with Crippen LogP contribution in [-0.2, 0) is 13.6 Å². The highest BCUT2D eigenvalue weighted by atomic mass is 16.2. The average Bonchev–Trinajstić information content (AvgIpc) is 2.31. The summed E-state index contributed by atoms with van der Waals surface area (Å²) < 4.78 is 2.70. The second-order valence-electron chi connectivity index (χ2n) is 4.21. The Morgan fingerprint density at radius 3 is 2.59 bits per heavy atom. The third kappa shape index (κ3) is 1.82. The molecule has 0 aliphatic rings. The number of para-hydroxylation sites is 1. The van der Waals surface area contributed by atoms with E-state index in [0.717, 1.165) is 10.1 Å². The van der Waals surface area contributed by atoms with E-state index >= 15 is 0 Å². The highest BCUT2D eigenvalue weighted by Crippen LogP contribution is 2.08. The number of rotatable bonds is 2. The molecule has 0 atom stereocenters. The molecule has 0 amide bonds. The fourth-order valence-electron chi connectivity index (χ4n) is 1.86. The summed E-state index contributed by atoms with van der Waals surface area (Å²) in [7, 11) is 1.49. The zero-order valence-electron chi connectivity index (χ0n) is 9.93. The largest absolute Gasteiger partial charge is 0.331 e. The van der Waals surface area contributed by atoms with Gasteiger partial charge in [-0.1, -0.05) is 24.3 Å². The Labute approximate surface area is 98.4 Å². The predicted molar refractivity (Wildman–Crippen MR) is 68.3 cm³/mol. The summed E-state index contributed by atoms with van der Waals surface area (Å²) in [5, 5.41) is 0.552. The topological polar surface area (TPSA) is 44.0 Å². The van der Waals surface area contributed by atoms with Gasteiger partial charge in [0.05, 0.1) is 10.9 Å². The molecule has 0 saturated carbocycles. The zero-order chi connectivity index (χ0) is 12.6. The minimum Gasteiger partial charge on any atom is -0.289 e. The van der Waals surface area contributed by atoms with Crippen molar-refractivity contribution in [2.24, 2.45) is 7.05 Å². The van der Waals surface area contributed by atoms with Gasteiger partial charge in [-0.3, -0.25) is 13.9 Å². The van der Waals surface area contributed by atoms with Crippen molar-refractivity contribution >= 4 is 10.9 Å². The molecule has 0 saturated heterocycles. The molecule has 4 nitrogen and oxygen atoms in total. The van der Waals surface area contributed by atoms with Gasteiger partial charge < -0.3 is 0 Å². The molecule has 0 radical (unpaired) electrons. The second kappa shape index (κ2) is 4.05. The Balaban J connectivity index is 2.95. The molecule has 0 bridgehead atoms. The van der Waals surface area contributed by atoms with Gasteiger partial charge in [0.25, 0.3) is 5.56 Å². The number of hydrogen-bond acceptors (Lipinski definition) is 2. The molecule has 0 fully saturated rings. The van der Waals surface area contributed by atoms with E-state index in [4.69, 9.17) is 0 Å². The molecule has 0 unspecified atom stereocenters. The van der Waals surface area contributed by atoms with Gasteiger partial charge in [0.1, 0.15) is 0 Å². The minimum atomic E-state index is -0.309. The Morgan fingerprint density at radius 2 is 1.94 bits per heavy atom. The zero-order valence-corrected chi connectivity index (χ0v) is 9.93. The molecule has 4 heteroatoms. The number of hydrogen-bond donors (Lipinski definition) is 0. The Kier molecular flexibility index (Phi) is 2.71. The predicted octanol–water partition coefficient (Wildman–Crippen LogP) is 1.28. The van der Waals surface area contributed by atoms with Gasteiger partial charge in [-0.05, 0) is 19.1 Å². The summed E-state index contributed by atoms with van der Waals surface area (Å²) in [5.74, 6) is 0. The molecule has 1 aromatic carbocycles. The Morgan fingerprint density at radius 1 is 1.29 bits per heavy atom. The van der Waals surface area contributed by atoms with Crippen LogP contribution in [0.4, 0.5) is 0 Å². The van der Waals surface area contributed by atoms with Crippen LogP contribution in [0, 0.1) is 0 Å². The summed E-state index contributed by atoms with van der Waals surface area (Å²) >= 11 is 0. The smallest absolute Gasteiger partial charge is 0.289 e. The first kappa shape index (κ1) is 11.4. The first-order valence-corrected chi connectivity index (χ1v) is 5.35. The van der Waals surface area contributed by atoms with Gasteiger partial charge >= 0.3 is 5.69 Å². The summed E-state index contributed by atoms with van der Waals surface area (Å²) in [6.45, 7) is 6.08. The summed E-state index contributed by atoms with van der Waals surface area (Å²) in [4.78, 5) is 23.9. The lowest BCUT2D eigenvalue weighted by atomic mass is 10.2. The van der Waals surface area contributed by atoms with E-state index < -0.39 is 0 Å². The van der Waals surface area contributed by atoms with Crippen LogP contribution in [0.15, 0.2) is 46.0 Å². The lowest BCUT2D eigenvalue weighted by molar-refractivity contribution is 0.669. The first-order valence-electron chi connectivity index (χ1n) is 5.35. The SMILES string of the molecule is C=C(C)Cn1c(=O)n(C)c(=O)c2ccccc21. The molecule has 88 valence electrons. The first-order chi connectivity index (χ1) is 8.02. The van der Waals surface area contributed by atoms with Crippen molar-refractivity contribution in [3.63, 3.8) is 0 Å². The standard InChI is InChI=1S/C13H14N2O2/c1-9(2)8-15-11-7-5-4-6-10(11)12(16)14(3)13(15)17/h4-7H,1,8H2,2-3H3. The third-order valence-electron chi connectivity index (χ3n) is 2.68. The van der Waals surface area contributed by atoms with E-state index in [1.54, 1.807) is 22.8 Å². The molecule has 1 aromatic heterocycles. The van der Waals surface area contributed by atoms with Crippen molar-refractivity contribution in [3.05, 3.63) is 57.3 Å². The molecular weight excluding hydrogens is 216 g/mol. The maximum Gasteiger partial charge on any atom is 0.331 e. The number of benzene rings is 1. The van der Waals surface area contributed by atoms with Gasteiger partial charge in [0.15, 0.2) is 0 Å². The van der Waals surface area contributed by atoms with Gasteiger partial charge in [-0.25, -0.2) is 4.79 Å². The van der Waals surface area contributed by atoms with Gasteiger partial charge in [0, 0.05) is 13.6 Å². The van der Waals surface area contributed by atoms with Crippen molar-refractivity contribution in [1.82, 2.24) is 9.13 Å².